The number of carbonyl (C=O) groups excluding carboxylic acids is 1. The Morgan fingerprint density at radius 3 is 3.06 bits per heavy atom. The second-order valence-electron chi connectivity index (χ2n) is 4.54. The molecule has 1 aliphatic rings. The molecule has 0 bridgehead atoms. The minimum Gasteiger partial charge on any atom is -0.333 e. The average Bonchev–Trinajstić information content (AvgIpc) is 2.78. The van der Waals surface area contributed by atoms with Gasteiger partial charge in [0.15, 0.2) is 0 Å². The maximum Gasteiger partial charge on any atom is 0.318 e. The summed E-state index contributed by atoms with van der Waals surface area (Å²) < 4.78 is 0. The van der Waals surface area contributed by atoms with Crippen LogP contribution in [-0.4, -0.2) is 48.6 Å². The van der Waals surface area contributed by atoms with Crippen molar-refractivity contribution >= 4 is 17.4 Å². The first kappa shape index (κ1) is 12.4. The standard InChI is InChI=1S/C12H19N3OS/c1-10-9-14(2)5-6-15(10)12(16)13-8-11-4-3-7-17-11/h3-4,7,10H,5-6,8-9H2,1-2H3,(H,13,16). The fourth-order valence-electron chi connectivity index (χ4n) is 2.12. The summed E-state index contributed by atoms with van der Waals surface area (Å²) in [6.45, 7) is 5.45. The van der Waals surface area contributed by atoms with E-state index in [1.807, 2.05) is 22.4 Å². The Morgan fingerprint density at radius 2 is 2.41 bits per heavy atom. The van der Waals surface area contributed by atoms with Gasteiger partial charge < -0.3 is 15.1 Å². The Morgan fingerprint density at radius 1 is 1.59 bits per heavy atom. The first-order valence-corrected chi connectivity index (χ1v) is 6.80. The Kier molecular flexibility index (Phi) is 4.02. The highest BCUT2D eigenvalue weighted by atomic mass is 32.1. The maximum atomic E-state index is 12.0. The van der Waals surface area contributed by atoms with E-state index in [1.165, 1.54) is 4.88 Å². The van der Waals surface area contributed by atoms with Crippen LogP contribution in [0.4, 0.5) is 4.79 Å². The quantitative estimate of drug-likeness (QED) is 0.869. The molecule has 0 saturated carbocycles. The van der Waals surface area contributed by atoms with E-state index in [1.54, 1.807) is 11.3 Å². The van der Waals surface area contributed by atoms with Crippen LogP contribution in [0, 0.1) is 0 Å². The van der Waals surface area contributed by atoms with Crippen LogP contribution in [-0.2, 0) is 6.54 Å². The van der Waals surface area contributed by atoms with E-state index in [0.717, 1.165) is 19.6 Å². The summed E-state index contributed by atoms with van der Waals surface area (Å²) >= 11 is 1.67. The first-order chi connectivity index (χ1) is 8.16. The third kappa shape index (κ3) is 3.20. The molecule has 1 fully saturated rings. The minimum absolute atomic E-state index is 0.0546. The number of carbonyl (C=O) groups is 1. The van der Waals surface area contributed by atoms with Gasteiger partial charge in [-0.15, -0.1) is 11.3 Å². The number of nitrogens with one attached hydrogen (secondary N) is 1. The summed E-state index contributed by atoms with van der Waals surface area (Å²) in [5.41, 5.74) is 0. The Labute approximate surface area is 106 Å². The van der Waals surface area contributed by atoms with Gasteiger partial charge in [-0.1, -0.05) is 6.07 Å². The van der Waals surface area contributed by atoms with Crippen molar-refractivity contribution in [2.45, 2.75) is 19.5 Å². The highest BCUT2D eigenvalue weighted by molar-refractivity contribution is 7.09. The van der Waals surface area contributed by atoms with E-state index in [4.69, 9.17) is 0 Å². The van der Waals surface area contributed by atoms with Crippen molar-refractivity contribution in [2.24, 2.45) is 0 Å². The zero-order valence-corrected chi connectivity index (χ0v) is 11.2. The number of amides is 2. The third-order valence-corrected chi connectivity index (χ3v) is 3.96. The van der Waals surface area contributed by atoms with Gasteiger partial charge >= 0.3 is 6.03 Å². The Bertz CT molecular complexity index is 366. The molecule has 1 atom stereocenters. The predicted octanol–water partition coefficient (Wildman–Crippen LogP) is 1.59. The van der Waals surface area contributed by atoms with Crippen molar-refractivity contribution in [3.05, 3.63) is 22.4 Å². The minimum atomic E-state index is 0.0546. The molecule has 94 valence electrons. The van der Waals surface area contributed by atoms with E-state index < -0.39 is 0 Å². The van der Waals surface area contributed by atoms with Gasteiger partial charge in [-0.25, -0.2) is 4.79 Å². The molecule has 1 N–H and O–H groups in total. The van der Waals surface area contributed by atoms with E-state index in [9.17, 15) is 4.79 Å². The normalized spacial score (nSPS) is 21.5. The predicted molar refractivity (Wildman–Crippen MR) is 70.2 cm³/mol. The molecule has 1 aromatic heterocycles. The lowest BCUT2D eigenvalue weighted by Crippen LogP contribution is -2.55. The van der Waals surface area contributed by atoms with Crippen LogP contribution in [0.2, 0.25) is 0 Å². The van der Waals surface area contributed by atoms with Gasteiger partial charge in [-0.3, -0.25) is 0 Å². The number of hydrogen-bond donors (Lipinski definition) is 1. The fraction of sp³-hybridized carbons (Fsp3) is 0.583. The topological polar surface area (TPSA) is 35.6 Å². The number of piperazine rings is 1. The maximum absolute atomic E-state index is 12.0. The number of rotatable bonds is 2. The molecule has 0 aliphatic carbocycles. The summed E-state index contributed by atoms with van der Waals surface area (Å²) in [6.07, 6.45) is 0. The summed E-state index contributed by atoms with van der Waals surface area (Å²) in [4.78, 5) is 17.4. The van der Waals surface area contributed by atoms with Gasteiger partial charge in [0.25, 0.3) is 0 Å². The molecule has 2 rings (SSSR count). The van der Waals surface area contributed by atoms with Gasteiger partial charge in [-0.2, -0.15) is 0 Å². The monoisotopic (exact) mass is 253 g/mol. The summed E-state index contributed by atoms with van der Waals surface area (Å²) in [5, 5.41) is 5.01. The largest absolute Gasteiger partial charge is 0.333 e. The van der Waals surface area contributed by atoms with Crippen LogP contribution in [0.25, 0.3) is 0 Å². The van der Waals surface area contributed by atoms with Crippen molar-refractivity contribution in [2.75, 3.05) is 26.7 Å². The summed E-state index contributed by atoms with van der Waals surface area (Å²) in [6, 6.07) is 4.39. The number of nitrogens with zero attached hydrogens (tertiary/aromatic N) is 2. The van der Waals surface area contributed by atoms with Crippen molar-refractivity contribution in [1.82, 2.24) is 15.1 Å². The molecule has 0 radical (unpaired) electrons. The van der Waals surface area contributed by atoms with Crippen LogP contribution in [0.5, 0.6) is 0 Å². The molecule has 17 heavy (non-hydrogen) atoms. The molecule has 2 heterocycles. The number of thiophene rings is 1. The van der Waals surface area contributed by atoms with Gasteiger partial charge in [0.1, 0.15) is 0 Å². The number of likely N-dealkylation sites (N-methyl/N-ethyl adjacent to an activating group) is 1. The highest BCUT2D eigenvalue weighted by Gasteiger charge is 2.25. The van der Waals surface area contributed by atoms with Crippen LogP contribution >= 0.6 is 11.3 Å². The average molecular weight is 253 g/mol. The molecular formula is C12H19N3OS. The zero-order chi connectivity index (χ0) is 12.3. The number of urea groups is 1. The van der Waals surface area contributed by atoms with Crippen LogP contribution in [0.1, 0.15) is 11.8 Å². The number of hydrogen-bond acceptors (Lipinski definition) is 3. The molecule has 1 aromatic rings. The molecule has 2 amide bonds. The van der Waals surface area contributed by atoms with Crippen molar-refractivity contribution < 1.29 is 4.79 Å². The van der Waals surface area contributed by atoms with E-state index in [2.05, 4.69) is 24.2 Å². The van der Waals surface area contributed by atoms with Crippen molar-refractivity contribution in [1.29, 1.82) is 0 Å². The Hall–Kier alpha value is -1.07. The molecule has 4 nitrogen and oxygen atoms in total. The van der Waals surface area contributed by atoms with E-state index in [0.29, 0.717) is 6.54 Å². The van der Waals surface area contributed by atoms with Crippen LogP contribution in [0.15, 0.2) is 17.5 Å². The second kappa shape index (κ2) is 5.51. The van der Waals surface area contributed by atoms with Gasteiger partial charge in [0.05, 0.1) is 6.54 Å². The fourth-order valence-corrected chi connectivity index (χ4v) is 2.76. The molecule has 0 aromatic carbocycles. The first-order valence-electron chi connectivity index (χ1n) is 5.92. The summed E-state index contributed by atoms with van der Waals surface area (Å²) in [5.74, 6) is 0. The smallest absolute Gasteiger partial charge is 0.318 e. The zero-order valence-electron chi connectivity index (χ0n) is 10.3. The van der Waals surface area contributed by atoms with E-state index in [-0.39, 0.29) is 12.1 Å². The molecule has 1 aliphatic heterocycles. The van der Waals surface area contributed by atoms with Crippen LogP contribution in [0.3, 0.4) is 0 Å². The molecule has 5 heteroatoms. The van der Waals surface area contributed by atoms with Crippen LogP contribution < -0.4 is 5.32 Å². The molecular weight excluding hydrogens is 234 g/mol. The second-order valence-corrected chi connectivity index (χ2v) is 5.57. The highest BCUT2D eigenvalue weighted by Crippen LogP contribution is 2.10. The SMILES string of the molecule is CC1CN(C)CCN1C(=O)NCc1cccs1. The third-order valence-electron chi connectivity index (χ3n) is 3.09. The van der Waals surface area contributed by atoms with Gasteiger partial charge in [0, 0.05) is 30.6 Å². The molecule has 1 saturated heterocycles. The van der Waals surface area contributed by atoms with Gasteiger partial charge in [0.2, 0.25) is 0 Å². The molecule has 0 spiro atoms. The lowest BCUT2D eigenvalue weighted by atomic mass is 10.2. The lowest BCUT2D eigenvalue weighted by molar-refractivity contribution is 0.116. The van der Waals surface area contributed by atoms with Crippen molar-refractivity contribution in [3.63, 3.8) is 0 Å². The van der Waals surface area contributed by atoms with Crippen molar-refractivity contribution in [3.8, 4) is 0 Å². The lowest BCUT2D eigenvalue weighted by Gasteiger charge is -2.38. The molecule has 1 unspecified atom stereocenters. The Balaban J connectivity index is 1.83. The van der Waals surface area contributed by atoms with E-state index >= 15 is 0 Å². The van der Waals surface area contributed by atoms with Gasteiger partial charge in [-0.05, 0) is 25.4 Å². The summed E-state index contributed by atoms with van der Waals surface area (Å²) in [7, 11) is 2.09.